The van der Waals surface area contributed by atoms with Crippen molar-refractivity contribution >= 4 is 23.6 Å². The van der Waals surface area contributed by atoms with Crippen molar-refractivity contribution in [2.75, 3.05) is 18.7 Å². The van der Waals surface area contributed by atoms with E-state index in [0.29, 0.717) is 22.7 Å². The third kappa shape index (κ3) is 6.63. The summed E-state index contributed by atoms with van der Waals surface area (Å²) in [6.07, 6.45) is -0.492. The van der Waals surface area contributed by atoms with Crippen molar-refractivity contribution in [1.82, 2.24) is 10.6 Å². The third-order valence-electron chi connectivity index (χ3n) is 4.39. The quantitative estimate of drug-likeness (QED) is 0.608. The van der Waals surface area contributed by atoms with Gasteiger partial charge in [-0.1, -0.05) is 18.2 Å². The fourth-order valence-corrected chi connectivity index (χ4v) is 2.92. The van der Waals surface area contributed by atoms with E-state index in [1.54, 1.807) is 51.1 Å². The second-order valence-electron chi connectivity index (χ2n) is 8.13. The van der Waals surface area contributed by atoms with Crippen LogP contribution >= 0.6 is 0 Å². The predicted octanol–water partition coefficient (Wildman–Crippen LogP) is 3.20. The van der Waals surface area contributed by atoms with Crippen molar-refractivity contribution in [3.8, 4) is 11.5 Å². The average Bonchev–Trinajstić information content (AvgIpc) is 3.19. The molecule has 0 saturated heterocycles. The van der Waals surface area contributed by atoms with Crippen LogP contribution in [0.2, 0.25) is 0 Å². The Labute approximate surface area is 186 Å². The molecule has 2 aromatic carbocycles. The number of alkyl carbamates (subject to hydrolysis) is 1. The largest absolute Gasteiger partial charge is 0.454 e. The molecule has 1 heterocycles. The number of anilines is 1. The van der Waals surface area contributed by atoms with E-state index in [1.807, 2.05) is 12.1 Å². The summed E-state index contributed by atoms with van der Waals surface area (Å²) in [5.74, 6) is 0.600. The molecule has 0 aromatic heterocycles. The summed E-state index contributed by atoms with van der Waals surface area (Å²) >= 11 is 0. The second-order valence-corrected chi connectivity index (χ2v) is 8.13. The minimum Gasteiger partial charge on any atom is -0.454 e. The van der Waals surface area contributed by atoms with Gasteiger partial charge in [-0.15, -0.1) is 0 Å². The Hall–Kier alpha value is -3.75. The molecule has 0 aliphatic carbocycles. The van der Waals surface area contributed by atoms with Crippen molar-refractivity contribution in [3.63, 3.8) is 0 Å². The Kier molecular flexibility index (Phi) is 7.19. The minimum absolute atomic E-state index is 0.0805. The molecule has 0 fully saturated rings. The highest BCUT2D eigenvalue weighted by Gasteiger charge is 2.17. The molecule has 9 nitrogen and oxygen atoms in total. The number of para-hydroxylation sites is 1. The summed E-state index contributed by atoms with van der Waals surface area (Å²) in [6.45, 7) is 5.80. The molecule has 3 amide bonds. The zero-order chi connectivity index (χ0) is 23.1. The van der Waals surface area contributed by atoms with Crippen LogP contribution in [0.4, 0.5) is 10.5 Å². The molecule has 0 atom stereocenters. The number of hydrogen-bond donors (Lipinski definition) is 3. The van der Waals surface area contributed by atoms with Gasteiger partial charge < -0.3 is 30.2 Å². The van der Waals surface area contributed by atoms with Gasteiger partial charge in [0.2, 0.25) is 12.7 Å². The van der Waals surface area contributed by atoms with Gasteiger partial charge in [0.25, 0.3) is 5.91 Å². The summed E-state index contributed by atoms with van der Waals surface area (Å²) in [5.41, 5.74) is 1.18. The van der Waals surface area contributed by atoms with Gasteiger partial charge in [-0.05, 0) is 50.6 Å². The third-order valence-corrected chi connectivity index (χ3v) is 4.39. The Bertz CT molecular complexity index is 999. The Balaban J connectivity index is 1.50. The fraction of sp³-hybridized carbons (Fsp3) is 0.348. The van der Waals surface area contributed by atoms with Crippen LogP contribution in [0.15, 0.2) is 42.5 Å². The molecule has 1 aliphatic heterocycles. The fourth-order valence-electron chi connectivity index (χ4n) is 2.92. The van der Waals surface area contributed by atoms with Gasteiger partial charge in [0, 0.05) is 30.8 Å². The molecule has 2 aromatic rings. The van der Waals surface area contributed by atoms with E-state index >= 15 is 0 Å². The molecular weight excluding hydrogens is 414 g/mol. The molecule has 3 N–H and O–H groups in total. The van der Waals surface area contributed by atoms with E-state index in [-0.39, 0.29) is 38.1 Å². The van der Waals surface area contributed by atoms with Crippen molar-refractivity contribution in [3.05, 3.63) is 53.6 Å². The number of amides is 3. The molecule has 0 spiro atoms. The summed E-state index contributed by atoms with van der Waals surface area (Å²) in [6, 6.07) is 12.2. The highest BCUT2D eigenvalue weighted by atomic mass is 16.7. The lowest BCUT2D eigenvalue weighted by Gasteiger charge is -2.19. The number of carbonyl (C=O) groups excluding carboxylic acids is 3. The molecule has 0 unspecified atom stereocenters. The number of fused-ring (bicyclic) bond motifs is 1. The predicted molar refractivity (Wildman–Crippen MR) is 118 cm³/mol. The van der Waals surface area contributed by atoms with Crippen LogP contribution in [0.5, 0.6) is 11.5 Å². The van der Waals surface area contributed by atoms with Gasteiger partial charge in [-0.3, -0.25) is 9.59 Å². The molecular formula is C23H27N3O6. The Morgan fingerprint density at radius 1 is 1.00 bits per heavy atom. The van der Waals surface area contributed by atoms with Crippen LogP contribution in [0, 0.1) is 0 Å². The summed E-state index contributed by atoms with van der Waals surface area (Å²) < 4.78 is 15.7. The first-order chi connectivity index (χ1) is 15.2. The number of hydrogen-bond acceptors (Lipinski definition) is 6. The molecule has 170 valence electrons. The maximum absolute atomic E-state index is 12.5. The zero-order valence-corrected chi connectivity index (χ0v) is 18.3. The van der Waals surface area contributed by atoms with Crippen LogP contribution in [0.3, 0.4) is 0 Å². The van der Waals surface area contributed by atoms with Gasteiger partial charge in [-0.2, -0.15) is 0 Å². The topological polar surface area (TPSA) is 115 Å². The first-order valence-electron chi connectivity index (χ1n) is 10.2. The lowest BCUT2D eigenvalue weighted by Crippen LogP contribution is -2.34. The number of benzene rings is 2. The van der Waals surface area contributed by atoms with Crippen LogP contribution in [0.25, 0.3) is 0 Å². The lowest BCUT2D eigenvalue weighted by molar-refractivity contribution is -0.116. The maximum atomic E-state index is 12.5. The first kappa shape index (κ1) is 22.9. The molecule has 3 rings (SSSR count). The summed E-state index contributed by atoms with van der Waals surface area (Å²) in [7, 11) is 0. The minimum atomic E-state index is -0.601. The summed E-state index contributed by atoms with van der Waals surface area (Å²) in [5, 5.41) is 8.20. The number of nitrogens with one attached hydrogen (secondary N) is 3. The molecule has 9 heteroatoms. The number of carbonyl (C=O) groups is 3. The monoisotopic (exact) mass is 441 g/mol. The van der Waals surface area contributed by atoms with Crippen LogP contribution in [-0.4, -0.2) is 36.8 Å². The summed E-state index contributed by atoms with van der Waals surface area (Å²) in [4.78, 5) is 36.5. The zero-order valence-electron chi connectivity index (χ0n) is 18.3. The highest BCUT2D eigenvalue weighted by Crippen LogP contribution is 2.32. The van der Waals surface area contributed by atoms with Gasteiger partial charge in [0.15, 0.2) is 11.5 Å². The van der Waals surface area contributed by atoms with Crippen LogP contribution in [-0.2, 0) is 16.1 Å². The van der Waals surface area contributed by atoms with Gasteiger partial charge in [-0.25, -0.2) is 4.79 Å². The van der Waals surface area contributed by atoms with E-state index in [1.165, 1.54) is 0 Å². The highest BCUT2D eigenvalue weighted by molar-refractivity contribution is 5.95. The maximum Gasteiger partial charge on any atom is 0.407 e. The van der Waals surface area contributed by atoms with E-state index < -0.39 is 11.7 Å². The van der Waals surface area contributed by atoms with Crippen molar-refractivity contribution in [2.24, 2.45) is 0 Å². The van der Waals surface area contributed by atoms with Gasteiger partial charge in [0.05, 0.1) is 0 Å². The molecule has 0 saturated carbocycles. The number of ether oxygens (including phenoxy) is 3. The van der Waals surface area contributed by atoms with Crippen molar-refractivity contribution in [1.29, 1.82) is 0 Å². The normalized spacial score (nSPS) is 12.1. The van der Waals surface area contributed by atoms with Crippen molar-refractivity contribution < 1.29 is 28.6 Å². The standard InChI is InChI=1S/C23H27N3O6/c1-23(2,3)32-22(29)24-11-10-20(27)26-17-7-5-4-6-16(17)13-25-21(28)15-8-9-18-19(12-15)31-14-30-18/h4-9,12H,10-11,13-14H2,1-3H3,(H,24,29)(H,25,28)(H,26,27). The molecule has 0 radical (unpaired) electrons. The van der Waals surface area contributed by atoms with E-state index in [4.69, 9.17) is 14.2 Å². The molecule has 32 heavy (non-hydrogen) atoms. The number of rotatable bonds is 7. The van der Waals surface area contributed by atoms with Crippen molar-refractivity contribution in [2.45, 2.75) is 39.3 Å². The van der Waals surface area contributed by atoms with Crippen LogP contribution in [0.1, 0.15) is 43.1 Å². The van der Waals surface area contributed by atoms with Crippen LogP contribution < -0.4 is 25.4 Å². The van der Waals surface area contributed by atoms with E-state index in [2.05, 4.69) is 16.0 Å². The van der Waals surface area contributed by atoms with E-state index in [0.717, 1.165) is 5.56 Å². The lowest BCUT2D eigenvalue weighted by atomic mass is 10.1. The Morgan fingerprint density at radius 2 is 1.75 bits per heavy atom. The molecule has 1 aliphatic rings. The van der Waals surface area contributed by atoms with E-state index in [9.17, 15) is 14.4 Å². The average molecular weight is 441 g/mol. The first-order valence-corrected chi connectivity index (χ1v) is 10.2. The smallest absolute Gasteiger partial charge is 0.407 e. The second kappa shape index (κ2) is 10.0. The van der Waals surface area contributed by atoms with Gasteiger partial charge in [0.1, 0.15) is 5.60 Å². The SMILES string of the molecule is CC(C)(C)OC(=O)NCCC(=O)Nc1ccccc1CNC(=O)c1ccc2c(c1)OCO2. The Morgan fingerprint density at radius 3 is 2.53 bits per heavy atom. The van der Waals surface area contributed by atoms with Gasteiger partial charge >= 0.3 is 6.09 Å². The molecule has 0 bridgehead atoms.